The van der Waals surface area contributed by atoms with Crippen LogP contribution in [-0.2, 0) is 14.3 Å². The number of esters is 1. The number of amides is 1. The van der Waals surface area contributed by atoms with Crippen LogP contribution >= 0.6 is 0 Å². The lowest BCUT2D eigenvalue weighted by Crippen LogP contribution is -2.34. The Hall–Kier alpha value is -1.32. The molecule has 1 heterocycles. The summed E-state index contributed by atoms with van der Waals surface area (Å²) >= 11 is 0. The largest absolute Gasteiger partial charge is 0.464 e. The maximum absolute atomic E-state index is 11.8. The maximum atomic E-state index is 11.8. The van der Waals surface area contributed by atoms with Gasteiger partial charge in [0.05, 0.1) is 6.61 Å². The monoisotopic (exact) mass is 449 g/mol. The highest BCUT2D eigenvalue weighted by atomic mass is 16.5. The van der Waals surface area contributed by atoms with Gasteiger partial charge in [0.15, 0.2) is 0 Å². The molecule has 1 saturated heterocycles. The number of unbranched alkanes of at least 4 members (excludes halogenated alkanes) is 17. The van der Waals surface area contributed by atoms with Gasteiger partial charge < -0.3 is 10.1 Å². The number of ether oxygens (including phenoxy) is 1. The Morgan fingerprint density at radius 2 is 1.25 bits per heavy atom. The molecule has 0 aliphatic carbocycles. The number of carbonyl (C=O) groups excluding carboxylic acids is 2. The third-order valence-electron chi connectivity index (χ3n) is 6.41. The first-order chi connectivity index (χ1) is 15.7. The molecule has 4 nitrogen and oxygen atoms in total. The van der Waals surface area contributed by atoms with Crippen molar-refractivity contribution in [3.05, 3.63) is 12.2 Å². The Bertz CT molecular complexity index is 489. The number of carbonyl (C=O) groups is 2. The minimum atomic E-state index is -0.407. The summed E-state index contributed by atoms with van der Waals surface area (Å²) in [6.07, 6.45) is 30.9. The predicted molar refractivity (Wildman–Crippen MR) is 135 cm³/mol. The number of rotatable bonds is 22. The van der Waals surface area contributed by atoms with E-state index in [9.17, 15) is 9.59 Å². The van der Waals surface area contributed by atoms with Gasteiger partial charge in [0.1, 0.15) is 6.04 Å². The summed E-state index contributed by atoms with van der Waals surface area (Å²) in [5.41, 5.74) is 0. The van der Waals surface area contributed by atoms with Crippen LogP contribution in [0.2, 0.25) is 0 Å². The predicted octanol–water partition coefficient (Wildman–Crippen LogP) is 7.80. The summed E-state index contributed by atoms with van der Waals surface area (Å²) in [5, 5.41) is 2.65. The molecule has 32 heavy (non-hydrogen) atoms. The highest BCUT2D eigenvalue weighted by Crippen LogP contribution is 2.14. The summed E-state index contributed by atoms with van der Waals surface area (Å²) in [6, 6.07) is -0.407. The normalized spacial score (nSPS) is 16.0. The zero-order valence-electron chi connectivity index (χ0n) is 21.0. The van der Waals surface area contributed by atoms with Crippen LogP contribution in [0.5, 0.6) is 0 Å². The molecule has 1 atom stereocenters. The van der Waals surface area contributed by atoms with Crippen LogP contribution in [0.25, 0.3) is 0 Å². The van der Waals surface area contributed by atoms with E-state index in [1.807, 2.05) is 0 Å². The van der Waals surface area contributed by atoms with Crippen LogP contribution in [0.3, 0.4) is 0 Å². The number of hydrogen-bond acceptors (Lipinski definition) is 3. The van der Waals surface area contributed by atoms with Crippen molar-refractivity contribution in [2.45, 2.75) is 148 Å². The van der Waals surface area contributed by atoms with Crippen LogP contribution in [0.15, 0.2) is 12.2 Å². The second kappa shape index (κ2) is 21.5. The van der Waals surface area contributed by atoms with Gasteiger partial charge in [0, 0.05) is 6.42 Å². The van der Waals surface area contributed by atoms with E-state index in [0.29, 0.717) is 19.4 Å². The molecule has 4 heteroatoms. The van der Waals surface area contributed by atoms with E-state index in [1.54, 1.807) is 0 Å². The first kappa shape index (κ1) is 28.7. The van der Waals surface area contributed by atoms with E-state index in [1.165, 1.54) is 109 Å². The first-order valence-corrected chi connectivity index (χ1v) is 13.8. The lowest BCUT2D eigenvalue weighted by molar-refractivity contribution is -0.146. The minimum absolute atomic E-state index is 0.0424. The highest BCUT2D eigenvalue weighted by Gasteiger charge is 2.28. The minimum Gasteiger partial charge on any atom is -0.464 e. The third-order valence-corrected chi connectivity index (χ3v) is 6.41. The van der Waals surface area contributed by atoms with Crippen LogP contribution in [0, 0.1) is 0 Å². The molecule has 0 bridgehead atoms. The fourth-order valence-electron chi connectivity index (χ4n) is 4.31. The van der Waals surface area contributed by atoms with Crippen LogP contribution < -0.4 is 5.32 Å². The van der Waals surface area contributed by atoms with E-state index in [0.717, 1.165) is 12.8 Å². The zero-order chi connectivity index (χ0) is 23.1. The standard InChI is InChI=1S/C28H51NO3/c1-2-3-4-5-6-7-8-9-10-11-12-13-14-15-16-17-18-19-20-21-22-25-32-28(31)26-23-24-27(30)29-26/h4-5,26H,2-3,6-25H2,1H3,(H,29,30)/b5-4+/t26-/m0/s1. The van der Waals surface area contributed by atoms with Crippen molar-refractivity contribution in [2.75, 3.05) is 6.61 Å². The van der Waals surface area contributed by atoms with E-state index in [-0.39, 0.29) is 11.9 Å². The zero-order valence-corrected chi connectivity index (χ0v) is 21.0. The van der Waals surface area contributed by atoms with Crippen LogP contribution in [0.1, 0.15) is 142 Å². The molecule has 0 unspecified atom stereocenters. The number of nitrogens with one attached hydrogen (secondary N) is 1. The van der Waals surface area contributed by atoms with Crippen LogP contribution in [-0.4, -0.2) is 24.5 Å². The Labute approximate surface area is 198 Å². The smallest absolute Gasteiger partial charge is 0.328 e. The molecule has 0 spiro atoms. The molecule has 186 valence electrons. The Morgan fingerprint density at radius 1 is 0.781 bits per heavy atom. The average Bonchev–Trinajstić information content (AvgIpc) is 3.23. The molecule has 1 amide bonds. The SMILES string of the molecule is CCC/C=C/CCCCCCCCCCCCCCCCCCOC(=O)[C@@H]1CCC(=O)N1. The van der Waals surface area contributed by atoms with Crippen molar-refractivity contribution in [2.24, 2.45) is 0 Å². The van der Waals surface area contributed by atoms with Gasteiger partial charge in [-0.2, -0.15) is 0 Å². The second-order valence-electron chi connectivity index (χ2n) is 9.53. The maximum Gasteiger partial charge on any atom is 0.328 e. The van der Waals surface area contributed by atoms with Crippen molar-refractivity contribution in [3.63, 3.8) is 0 Å². The van der Waals surface area contributed by atoms with Crippen molar-refractivity contribution < 1.29 is 14.3 Å². The van der Waals surface area contributed by atoms with Gasteiger partial charge in [0.2, 0.25) is 5.91 Å². The quantitative estimate of drug-likeness (QED) is 0.104. The van der Waals surface area contributed by atoms with Gasteiger partial charge in [-0.05, 0) is 32.1 Å². The van der Waals surface area contributed by atoms with E-state index in [2.05, 4.69) is 24.4 Å². The number of hydrogen-bond donors (Lipinski definition) is 1. The van der Waals surface area contributed by atoms with Crippen molar-refractivity contribution in [3.8, 4) is 0 Å². The Morgan fingerprint density at radius 3 is 1.72 bits per heavy atom. The molecule has 1 N–H and O–H groups in total. The van der Waals surface area contributed by atoms with Crippen LogP contribution in [0.4, 0.5) is 0 Å². The molecule has 1 aliphatic rings. The number of allylic oxidation sites excluding steroid dienone is 2. The molecule has 0 saturated carbocycles. The van der Waals surface area contributed by atoms with Crippen molar-refractivity contribution in [1.29, 1.82) is 0 Å². The summed E-state index contributed by atoms with van der Waals surface area (Å²) < 4.78 is 5.26. The van der Waals surface area contributed by atoms with E-state index >= 15 is 0 Å². The molecular weight excluding hydrogens is 398 g/mol. The lowest BCUT2D eigenvalue weighted by Gasteiger charge is -2.09. The molecule has 0 aromatic rings. The third kappa shape index (κ3) is 17.3. The van der Waals surface area contributed by atoms with Crippen molar-refractivity contribution >= 4 is 11.9 Å². The summed E-state index contributed by atoms with van der Waals surface area (Å²) in [7, 11) is 0. The van der Waals surface area contributed by atoms with E-state index < -0.39 is 6.04 Å². The van der Waals surface area contributed by atoms with Gasteiger partial charge in [0.25, 0.3) is 0 Å². The van der Waals surface area contributed by atoms with Gasteiger partial charge in [-0.3, -0.25) is 4.79 Å². The van der Waals surface area contributed by atoms with Gasteiger partial charge in [-0.15, -0.1) is 0 Å². The Kier molecular flexibility index (Phi) is 19.3. The van der Waals surface area contributed by atoms with Gasteiger partial charge in [-0.25, -0.2) is 4.79 Å². The fourth-order valence-corrected chi connectivity index (χ4v) is 4.31. The summed E-state index contributed by atoms with van der Waals surface area (Å²) in [4.78, 5) is 22.9. The van der Waals surface area contributed by atoms with Gasteiger partial charge >= 0.3 is 5.97 Å². The summed E-state index contributed by atoms with van der Waals surface area (Å²) in [6.45, 7) is 2.72. The van der Waals surface area contributed by atoms with E-state index in [4.69, 9.17) is 4.74 Å². The van der Waals surface area contributed by atoms with Gasteiger partial charge in [-0.1, -0.05) is 115 Å². The molecule has 1 aliphatic heterocycles. The molecule has 0 radical (unpaired) electrons. The van der Waals surface area contributed by atoms with Crippen molar-refractivity contribution in [1.82, 2.24) is 5.32 Å². The summed E-state index contributed by atoms with van der Waals surface area (Å²) in [5.74, 6) is -0.305. The average molecular weight is 450 g/mol. The molecule has 0 aromatic heterocycles. The fraction of sp³-hybridized carbons (Fsp3) is 0.857. The molecule has 1 rings (SSSR count). The molecular formula is C28H51NO3. The first-order valence-electron chi connectivity index (χ1n) is 13.8. The topological polar surface area (TPSA) is 55.4 Å². The molecule has 1 fully saturated rings. The highest BCUT2D eigenvalue weighted by molar-refractivity contribution is 5.87. The second-order valence-corrected chi connectivity index (χ2v) is 9.53. The molecule has 0 aromatic carbocycles. The Balaban J connectivity index is 1.69. The lowest BCUT2D eigenvalue weighted by atomic mass is 10.0.